The molecule has 5 nitrogen and oxygen atoms in total. The van der Waals surface area contributed by atoms with E-state index in [4.69, 9.17) is 0 Å². The van der Waals surface area contributed by atoms with E-state index in [1.54, 1.807) is 24.3 Å². The normalized spacial score (nSPS) is 11.1. The van der Waals surface area contributed by atoms with Crippen LogP contribution in [0.15, 0.2) is 77.0 Å². The van der Waals surface area contributed by atoms with Crippen LogP contribution in [-0.4, -0.2) is 21.4 Å². The fourth-order valence-electron chi connectivity index (χ4n) is 2.37. The van der Waals surface area contributed by atoms with Crippen LogP contribution in [0.3, 0.4) is 0 Å². The summed E-state index contributed by atoms with van der Waals surface area (Å²) in [5.74, 6) is -0.289. The maximum atomic E-state index is 12.7. The summed E-state index contributed by atoms with van der Waals surface area (Å²) in [6.07, 6.45) is 0. The number of carbonyl (C=O) groups excluding carboxylic acids is 1. The topological polar surface area (TPSA) is 66.5 Å². The number of nitrogens with one attached hydrogen (secondary N) is 1. The molecule has 0 fully saturated rings. The Kier molecular flexibility index (Phi) is 5.39. The first kappa shape index (κ1) is 18.2. The lowest BCUT2D eigenvalue weighted by Crippen LogP contribution is -2.26. The predicted molar refractivity (Wildman–Crippen MR) is 104 cm³/mol. The molecule has 2 aromatic carbocycles. The zero-order valence-corrected chi connectivity index (χ0v) is 15.8. The Morgan fingerprint density at radius 1 is 1.04 bits per heavy atom. The van der Waals surface area contributed by atoms with Crippen molar-refractivity contribution in [1.29, 1.82) is 0 Å². The van der Waals surface area contributed by atoms with Gasteiger partial charge >= 0.3 is 0 Å². The molecule has 0 bridgehead atoms. The van der Waals surface area contributed by atoms with Crippen LogP contribution in [0.2, 0.25) is 0 Å². The van der Waals surface area contributed by atoms with Crippen molar-refractivity contribution in [2.45, 2.75) is 11.4 Å². The van der Waals surface area contributed by atoms with Gasteiger partial charge in [0.1, 0.15) is 0 Å². The zero-order chi connectivity index (χ0) is 18.6. The number of anilines is 1. The summed E-state index contributed by atoms with van der Waals surface area (Å²) in [5, 5.41) is 4.30. The number of rotatable bonds is 6. The van der Waals surface area contributed by atoms with Crippen LogP contribution in [0.5, 0.6) is 0 Å². The zero-order valence-electron chi connectivity index (χ0n) is 14.1. The quantitative estimate of drug-likeness (QED) is 0.705. The summed E-state index contributed by atoms with van der Waals surface area (Å²) >= 11 is 1.11. The Morgan fingerprint density at radius 3 is 2.31 bits per heavy atom. The number of hydrogen-bond acceptors (Lipinski definition) is 4. The molecule has 0 spiro atoms. The predicted octanol–water partition coefficient (Wildman–Crippen LogP) is 3.50. The van der Waals surface area contributed by atoms with Crippen molar-refractivity contribution in [3.8, 4) is 0 Å². The van der Waals surface area contributed by atoms with Gasteiger partial charge < -0.3 is 5.32 Å². The Morgan fingerprint density at radius 2 is 1.65 bits per heavy atom. The molecule has 0 aliphatic heterocycles. The lowest BCUT2D eigenvalue weighted by Gasteiger charge is -2.18. The number of benzene rings is 2. The molecule has 0 saturated heterocycles. The molecule has 3 rings (SSSR count). The summed E-state index contributed by atoms with van der Waals surface area (Å²) in [5.41, 5.74) is 1.54. The molecule has 3 aromatic rings. The molecule has 134 valence electrons. The third-order valence-electron chi connectivity index (χ3n) is 3.87. The molecule has 0 aliphatic carbocycles. The number of sulfonamides is 1. The highest BCUT2D eigenvalue weighted by Crippen LogP contribution is 2.25. The summed E-state index contributed by atoms with van der Waals surface area (Å²) in [6.45, 7) is 0.392. The van der Waals surface area contributed by atoms with E-state index >= 15 is 0 Å². The maximum absolute atomic E-state index is 12.7. The lowest BCUT2D eigenvalue weighted by molar-refractivity contribution is 0.0955. The van der Waals surface area contributed by atoms with Crippen molar-refractivity contribution in [3.05, 3.63) is 82.6 Å². The van der Waals surface area contributed by atoms with Gasteiger partial charge in [-0.25, -0.2) is 8.42 Å². The fraction of sp³-hybridized carbons (Fsp3) is 0.105. The third-order valence-corrected chi connectivity index (χ3v) is 6.71. The number of carbonyl (C=O) groups is 1. The van der Waals surface area contributed by atoms with Gasteiger partial charge in [0.25, 0.3) is 15.9 Å². The molecule has 1 N–H and O–H groups in total. The largest absolute Gasteiger partial charge is 0.347 e. The van der Waals surface area contributed by atoms with Crippen LogP contribution in [0.25, 0.3) is 0 Å². The fourth-order valence-corrected chi connectivity index (χ4v) is 4.75. The number of thiophene rings is 1. The molecule has 26 heavy (non-hydrogen) atoms. The van der Waals surface area contributed by atoms with Crippen molar-refractivity contribution in [3.63, 3.8) is 0 Å². The number of amides is 1. The van der Waals surface area contributed by atoms with E-state index in [1.807, 2.05) is 36.4 Å². The van der Waals surface area contributed by atoms with E-state index in [0.29, 0.717) is 17.1 Å². The molecule has 0 saturated carbocycles. The molecule has 0 aliphatic rings. The van der Waals surface area contributed by atoms with E-state index in [1.165, 1.54) is 22.8 Å². The molecular formula is C19H18N2O3S2. The molecular weight excluding hydrogens is 368 g/mol. The summed E-state index contributed by atoms with van der Waals surface area (Å²) < 4.78 is 26.7. The Labute approximate surface area is 157 Å². The van der Waals surface area contributed by atoms with Gasteiger partial charge in [-0.2, -0.15) is 0 Å². The van der Waals surface area contributed by atoms with Gasteiger partial charge in [-0.3, -0.25) is 9.10 Å². The standard InChI is InChI=1S/C19H18N2O3S2/c1-21(16-10-6-3-7-11-16)26(23,24)17-12-18(25-14-17)19(22)20-13-15-8-4-2-5-9-15/h2-12,14H,13H2,1H3,(H,20,22). The second-order valence-corrected chi connectivity index (χ2v) is 8.50. The highest BCUT2D eigenvalue weighted by atomic mass is 32.2. The average molecular weight is 386 g/mol. The monoisotopic (exact) mass is 386 g/mol. The molecule has 1 heterocycles. The van der Waals surface area contributed by atoms with Crippen molar-refractivity contribution < 1.29 is 13.2 Å². The van der Waals surface area contributed by atoms with Crippen molar-refractivity contribution in [1.82, 2.24) is 5.32 Å². The molecule has 1 amide bonds. The van der Waals surface area contributed by atoms with Gasteiger partial charge in [-0.1, -0.05) is 48.5 Å². The first-order valence-corrected chi connectivity index (χ1v) is 10.2. The summed E-state index contributed by atoms with van der Waals surface area (Å²) in [4.78, 5) is 12.8. The molecule has 0 atom stereocenters. The van der Waals surface area contributed by atoms with E-state index < -0.39 is 10.0 Å². The van der Waals surface area contributed by atoms with Crippen LogP contribution < -0.4 is 9.62 Å². The van der Waals surface area contributed by atoms with Crippen LogP contribution in [0, 0.1) is 0 Å². The Balaban J connectivity index is 1.73. The van der Waals surface area contributed by atoms with Gasteiger partial charge in [0, 0.05) is 19.0 Å². The summed E-state index contributed by atoms with van der Waals surface area (Å²) in [6, 6.07) is 19.8. The Bertz CT molecular complexity index is 984. The molecule has 7 heteroatoms. The van der Waals surface area contributed by atoms with Gasteiger partial charge in [0.05, 0.1) is 15.5 Å². The van der Waals surface area contributed by atoms with Gasteiger partial charge in [-0.15, -0.1) is 11.3 Å². The third kappa shape index (κ3) is 3.95. The first-order chi connectivity index (χ1) is 12.5. The van der Waals surface area contributed by atoms with Gasteiger partial charge in [0.15, 0.2) is 0 Å². The van der Waals surface area contributed by atoms with Crippen LogP contribution in [-0.2, 0) is 16.6 Å². The van der Waals surface area contributed by atoms with Gasteiger partial charge in [-0.05, 0) is 23.8 Å². The highest BCUT2D eigenvalue weighted by molar-refractivity contribution is 7.93. The van der Waals surface area contributed by atoms with E-state index in [0.717, 1.165) is 16.9 Å². The van der Waals surface area contributed by atoms with E-state index in [2.05, 4.69) is 5.32 Å². The minimum Gasteiger partial charge on any atom is -0.347 e. The lowest BCUT2D eigenvalue weighted by atomic mass is 10.2. The van der Waals surface area contributed by atoms with E-state index in [9.17, 15) is 13.2 Å². The molecule has 1 aromatic heterocycles. The van der Waals surface area contributed by atoms with Gasteiger partial charge in [0.2, 0.25) is 0 Å². The minimum absolute atomic E-state index is 0.110. The van der Waals surface area contributed by atoms with Crippen LogP contribution in [0.1, 0.15) is 15.2 Å². The second kappa shape index (κ2) is 7.72. The smallest absolute Gasteiger partial charge is 0.264 e. The van der Waals surface area contributed by atoms with Crippen molar-refractivity contribution in [2.24, 2.45) is 0 Å². The SMILES string of the molecule is CN(c1ccccc1)S(=O)(=O)c1csc(C(=O)NCc2ccccc2)c1. The number of nitrogens with zero attached hydrogens (tertiary/aromatic N) is 1. The summed E-state index contributed by atoms with van der Waals surface area (Å²) in [7, 11) is -2.21. The Hall–Kier alpha value is -2.64. The minimum atomic E-state index is -3.71. The maximum Gasteiger partial charge on any atom is 0.264 e. The molecule has 0 radical (unpaired) electrons. The average Bonchev–Trinajstić information content (AvgIpc) is 3.18. The van der Waals surface area contributed by atoms with E-state index in [-0.39, 0.29) is 10.8 Å². The van der Waals surface area contributed by atoms with Crippen LogP contribution in [0.4, 0.5) is 5.69 Å². The van der Waals surface area contributed by atoms with Crippen molar-refractivity contribution in [2.75, 3.05) is 11.4 Å². The molecule has 0 unspecified atom stereocenters. The highest BCUT2D eigenvalue weighted by Gasteiger charge is 2.24. The van der Waals surface area contributed by atoms with Crippen molar-refractivity contribution >= 4 is 33.0 Å². The van der Waals surface area contributed by atoms with Crippen LogP contribution >= 0.6 is 11.3 Å². The second-order valence-electron chi connectivity index (χ2n) is 5.62. The first-order valence-electron chi connectivity index (χ1n) is 7.93. The number of hydrogen-bond donors (Lipinski definition) is 1. The number of para-hydroxylation sites is 1.